The molecule has 0 saturated carbocycles. The molecule has 0 saturated heterocycles. The van der Waals surface area contributed by atoms with Gasteiger partial charge in [0, 0.05) is 16.8 Å². The first-order chi connectivity index (χ1) is 9.47. The maximum absolute atomic E-state index is 13.1. The zero-order chi connectivity index (χ0) is 14.8. The Hall–Kier alpha value is -1.46. The molecule has 3 nitrogen and oxygen atoms in total. The van der Waals surface area contributed by atoms with Crippen LogP contribution in [0, 0.1) is 5.82 Å². The predicted molar refractivity (Wildman–Crippen MR) is 81.6 cm³/mol. The Morgan fingerprint density at radius 1 is 1.35 bits per heavy atom. The van der Waals surface area contributed by atoms with Crippen LogP contribution < -0.4 is 11.1 Å². The summed E-state index contributed by atoms with van der Waals surface area (Å²) in [6.45, 7) is 4.47. The number of nitrogens with two attached hydrogens (primary N) is 1. The second-order valence-corrected chi connectivity index (χ2v) is 6.13. The third-order valence-corrected chi connectivity index (χ3v) is 4.83. The van der Waals surface area contributed by atoms with Gasteiger partial charge in [0.15, 0.2) is 0 Å². The summed E-state index contributed by atoms with van der Waals surface area (Å²) >= 11 is 1.36. The molecule has 2 aromatic rings. The van der Waals surface area contributed by atoms with Crippen molar-refractivity contribution in [1.29, 1.82) is 0 Å². The zero-order valence-corrected chi connectivity index (χ0v) is 12.5. The van der Waals surface area contributed by atoms with E-state index in [1.54, 1.807) is 12.1 Å². The van der Waals surface area contributed by atoms with Crippen LogP contribution in [-0.2, 0) is 0 Å². The van der Waals surface area contributed by atoms with Crippen LogP contribution in [0.15, 0.2) is 24.3 Å². The quantitative estimate of drug-likeness (QED) is 0.889. The second kappa shape index (κ2) is 5.89. The highest BCUT2D eigenvalue weighted by atomic mass is 32.1. The lowest BCUT2D eigenvalue weighted by molar-refractivity contribution is 0.0946. The van der Waals surface area contributed by atoms with Gasteiger partial charge in [-0.1, -0.05) is 13.8 Å². The van der Waals surface area contributed by atoms with Crippen molar-refractivity contribution in [3.63, 3.8) is 0 Å². The molecule has 0 aliphatic heterocycles. The van der Waals surface area contributed by atoms with E-state index in [-0.39, 0.29) is 17.3 Å². The van der Waals surface area contributed by atoms with E-state index in [0.717, 1.165) is 22.9 Å². The van der Waals surface area contributed by atoms with Gasteiger partial charge in [-0.15, -0.1) is 11.3 Å². The summed E-state index contributed by atoms with van der Waals surface area (Å²) in [5.41, 5.74) is 5.79. The number of benzene rings is 1. The first kappa shape index (κ1) is 14.9. The molecule has 0 fully saturated rings. The van der Waals surface area contributed by atoms with Gasteiger partial charge in [-0.25, -0.2) is 4.39 Å². The normalized spacial score (nSPS) is 11.8. The van der Waals surface area contributed by atoms with Gasteiger partial charge in [0.05, 0.1) is 4.88 Å². The Morgan fingerprint density at radius 2 is 2.05 bits per heavy atom. The van der Waals surface area contributed by atoms with Crippen molar-refractivity contribution in [1.82, 2.24) is 5.32 Å². The average Bonchev–Trinajstić information content (AvgIpc) is 2.87. The summed E-state index contributed by atoms with van der Waals surface area (Å²) in [4.78, 5) is 12.7. The number of hydrogen-bond donors (Lipinski definition) is 2. The third-order valence-electron chi connectivity index (χ3n) is 3.71. The number of fused-ring (bicyclic) bond motifs is 1. The minimum absolute atomic E-state index is 0.150. The number of nitrogens with one attached hydrogen (secondary N) is 1. The van der Waals surface area contributed by atoms with Crippen LogP contribution in [0.2, 0.25) is 0 Å². The third kappa shape index (κ3) is 3.16. The van der Waals surface area contributed by atoms with E-state index in [1.807, 2.05) is 13.8 Å². The Bertz CT molecular complexity index is 619. The first-order valence-corrected chi connectivity index (χ1v) is 7.55. The lowest BCUT2D eigenvalue weighted by Gasteiger charge is -2.26. The molecule has 0 aliphatic carbocycles. The molecule has 1 heterocycles. The fourth-order valence-corrected chi connectivity index (χ4v) is 2.93. The van der Waals surface area contributed by atoms with Crippen molar-refractivity contribution in [2.45, 2.75) is 32.2 Å². The molecule has 0 aliphatic rings. The molecule has 1 aromatic heterocycles. The number of thiophene rings is 1. The lowest BCUT2D eigenvalue weighted by atomic mass is 9.94. The highest BCUT2D eigenvalue weighted by Gasteiger charge is 2.21. The van der Waals surface area contributed by atoms with E-state index < -0.39 is 0 Å². The van der Waals surface area contributed by atoms with Crippen LogP contribution in [-0.4, -0.2) is 18.0 Å². The van der Waals surface area contributed by atoms with Crippen molar-refractivity contribution >= 4 is 27.3 Å². The summed E-state index contributed by atoms with van der Waals surface area (Å²) in [7, 11) is 0. The topological polar surface area (TPSA) is 55.1 Å². The number of hydrogen-bond acceptors (Lipinski definition) is 3. The van der Waals surface area contributed by atoms with Crippen LogP contribution >= 0.6 is 11.3 Å². The zero-order valence-electron chi connectivity index (χ0n) is 11.7. The molecule has 1 amide bonds. The van der Waals surface area contributed by atoms with Gasteiger partial charge in [-0.2, -0.15) is 0 Å². The summed E-state index contributed by atoms with van der Waals surface area (Å²) in [6, 6.07) is 6.25. The second-order valence-electron chi connectivity index (χ2n) is 5.04. The highest BCUT2D eigenvalue weighted by Crippen LogP contribution is 2.26. The molecule has 0 unspecified atom stereocenters. The monoisotopic (exact) mass is 294 g/mol. The molecule has 1 aromatic carbocycles. The number of halogens is 1. The van der Waals surface area contributed by atoms with Crippen LogP contribution in [0.25, 0.3) is 10.1 Å². The molecule has 0 atom stereocenters. The SMILES string of the molecule is CCC(N)(CC)CNC(=O)c1cc2cc(F)ccc2s1. The minimum atomic E-state index is -0.363. The van der Waals surface area contributed by atoms with Crippen molar-refractivity contribution < 1.29 is 9.18 Å². The van der Waals surface area contributed by atoms with E-state index in [4.69, 9.17) is 5.73 Å². The maximum atomic E-state index is 13.1. The fourth-order valence-electron chi connectivity index (χ4n) is 1.97. The first-order valence-electron chi connectivity index (χ1n) is 6.73. The van der Waals surface area contributed by atoms with Crippen LogP contribution in [0.1, 0.15) is 36.4 Å². The molecule has 2 rings (SSSR count). The Morgan fingerprint density at radius 3 is 2.70 bits per heavy atom. The largest absolute Gasteiger partial charge is 0.349 e. The number of amides is 1. The summed E-state index contributed by atoms with van der Waals surface area (Å²) in [6.07, 6.45) is 1.61. The lowest BCUT2D eigenvalue weighted by Crippen LogP contribution is -2.49. The van der Waals surface area contributed by atoms with E-state index in [0.29, 0.717) is 11.4 Å². The Kier molecular flexibility index (Phi) is 4.40. The van der Waals surface area contributed by atoms with Crippen molar-refractivity contribution in [2.75, 3.05) is 6.54 Å². The number of carbonyl (C=O) groups is 1. The van der Waals surface area contributed by atoms with Crippen LogP contribution in [0.4, 0.5) is 4.39 Å². The van der Waals surface area contributed by atoms with Gasteiger partial charge in [0.25, 0.3) is 5.91 Å². The number of carbonyl (C=O) groups excluding carboxylic acids is 1. The van der Waals surface area contributed by atoms with E-state index in [1.165, 1.54) is 23.5 Å². The van der Waals surface area contributed by atoms with Gasteiger partial charge in [0.1, 0.15) is 5.82 Å². The van der Waals surface area contributed by atoms with Crippen LogP contribution in [0.3, 0.4) is 0 Å². The fraction of sp³-hybridized carbons (Fsp3) is 0.400. The molecule has 3 N–H and O–H groups in total. The predicted octanol–water partition coefficient (Wildman–Crippen LogP) is 3.29. The average molecular weight is 294 g/mol. The van der Waals surface area contributed by atoms with Gasteiger partial charge in [0.2, 0.25) is 0 Å². The molecule has 0 bridgehead atoms. The molecule has 5 heteroatoms. The highest BCUT2D eigenvalue weighted by molar-refractivity contribution is 7.20. The summed E-state index contributed by atoms with van der Waals surface area (Å²) < 4.78 is 14.0. The number of rotatable bonds is 5. The van der Waals surface area contributed by atoms with Gasteiger partial charge in [-0.05, 0) is 42.5 Å². The van der Waals surface area contributed by atoms with E-state index in [9.17, 15) is 9.18 Å². The van der Waals surface area contributed by atoms with Gasteiger partial charge in [-0.3, -0.25) is 4.79 Å². The van der Waals surface area contributed by atoms with E-state index in [2.05, 4.69) is 5.32 Å². The molecule has 0 radical (unpaired) electrons. The van der Waals surface area contributed by atoms with Crippen molar-refractivity contribution in [3.05, 3.63) is 35.0 Å². The van der Waals surface area contributed by atoms with E-state index >= 15 is 0 Å². The van der Waals surface area contributed by atoms with Gasteiger partial charge < -0.3 is 11.1 Å². The van der Waals surface area contributed by atoms with Crippen LogP contribution in [0.5, 0.6) is 0 Å². The molecular weight excluding hydrogens is 275 g/mol. The minimum Gasteiger partial charge on any atom is -0.349 e. The summed E-state index contributed by atoms with van der Waals surface area (Å²) in [5, 5.41) is 3.62. The Balaban J connectivity index is 2.11. The molecule has 20 heavy (non-hydrogen) atoms. The van der Waals surface area contributed by atoms with Crippen molar-refractivity contribution in [2.24, 2.45) is 5.73 Å². The van der Waals surface area contributed by atoms with Gasteiger partial charge >= 0.3 is 0 Å². The van der Waals surface area contributed by atoms with Crippen molar-refractivity contribution in [3.8, 4) is 0 Å². The Labute approximate surface area is 122 Å². The molecule has 0 spiro atoms. The maximum Gasteiger partial charge on any atom is 0.261 e. The molecule has 108 valence electrons. The summed E-state index contributed by atoms with van der Waals surface area (Å²) in [5.74, 6) is -0.441. The smallest absolute Gasteiger partial charge is 0.261 e. The standard InChI is InChI=1S/C15H19FN2OS/c1-3-15(17,4-2)9-18-14(19)13-8-10-7-11(16)5-6-12(10)20-13/h5-8H,3-4,9,17H2,1-2H3,(H,18,19). The molecular formula is C15H19FN2OS.